The van der Waals surface area contributed by atoms with Crippen LogP contribution in [0.5, 0.6) is 0 Å². The summed E-state index contributed by atoms with van der Waals surface area (Å²) < 4.78 is 0. The summed E-state index contributed by atoms with van der Waals surface area (Å²) in [6, 6.07) is 14.2. The number of nitrogens with zero attached hydrogens (tertiary/aromatic N) is 3. The molecule has 2 aromatic carbocycles. The Morgan fingerprint density at radius 1 is 1.04 bits per heavy atom. The summed E-state index contributed by atoms with van der Waals surface area (Å²) in [5.41, 5.74) is 3.02. The second-order valence-corrected chi connectivity index (χ2v) is 6.54. The predicted molar refractivity (Wildman–Crippen MR) is 112 cm³/mol. The van der Waals surface area contributed by atoms with Gasteiger partial charge in [-0.15, -0.1) is 0 Å². The van der Waals surface area contributed by atoms with Crippen molar-refractivity contribution in [1.29, 1.82) is 0 Å². The highest BCUT2D eigenvalue weighted by Crippen LogP contribution is 2.15. The first-order chi connectivity index (χ1) is 13.4. The maximum atomic E-state index is 12.4. The van der Waals surface area contributed by atoms with Crippen LogP contribution in [0.15, 0.2) is 48.5 Å². The van der Waals surface area contributed by atoms with Gasteiger partial charge in [-0.25, -0.2) is 4.79 Å². The Morgan fingerprint density at radius 2 is 1.68 bits per heavy atom. The minimum Gasteiger partial charge on any atom is -0.383 e. The molecule has 0 radical (unpaired) electrons. The summed E-state index contributed by atoms with van der Waals surface area (Å²) in [6.45, 7) is 4.08. The fraction of sp³-hybridized carbons (Fsp3) is 0.350. The van der Waals surface area contributed by atoms with Crippen molar-refractivity contribution in [2.45, 2.75) is 13.5 Å². The number of benzene rings is 2. The van der Waals surface area contributed by atoms with E-state index in [1.807, 2.05) is 50.2 Å². The van der Waals surface area contributed by atoms with E-state index < -0.39 is 4.92 Å². The van der Waals surface area contributed by atoms with Crippen molar-refractivity contribution in [3.63, 3.8) is 0 Å². The largest absolute Gasteiger partial charge is 0.383 e. The SMILES string of the molecule is CCN(Cc1ccc(N(C)C)cc1)C(=O)NCCNc1ccc([N+](=O)[O-])cc1. The van der Waals surface area contributed by atoms with Crippen molar-refractivity contribution in [2.24, 2.45) is 0 Å². The van der Waals surface area contributed by atoms with Crippen LogP contribution in [-0.2, 0) is 6.54 Å². The number of nitro benzene ring substituents is 1. The molecule has 2 rings (SSSR count). The van der Waals surface area contributed by atoms with Crippen LogP contribution in [-0.4, -0.2) is 49.6 Å². The minimum atomic E-state index is -0.433. The summed E-state index contributed by atoms with van der Waals surface area (Å²) in [5.74, 6) is 0. The quantitative estimate of drug-likeness (QED) is 0.393. The van der Waals surface area contributed by atoms with Crippen LogP contribution in [0.3, 0.4) is 0 Å². The highest BCUT2D eigenvalue weighted by molar-refractivity contribution is 5.74. The van der Waals surface area contributed by atoms with Crippen molar-refractivity contribution in [1.82, 2.24) is 10.2 Å². The molecule has 8 heteroatoms. The maximum Gasteiger partial charge on any atom is 0.317 e. The van der Waals surface area contributed by atoms with Gasteiger partial charge in [0.1, 0.15) is 0 Å². The van der Waals surface area contributed by atoms with Crippen molar-refractivity contribution >= 4 is 23.1 Å². The molecular formula is C20H27N5O3. The molecular weight excluding hydrogens is 358 g/mol. The average Bonchev–Trinajstić information content (AvgIpc) is 2.69. The molecule has 8 nitrogen and oxygen atoms in total. The van der Waals surface area contributed by atoms with Crippen molar-refractivity contribution < 1.29 is 9.72 Å². The lowest BCUT2D eigenvalue weighted by Crippen LogP contribution is -2.41. The molecule has 150 valence electrons. The zero-order valence-corrected chi connectivity index (χ0v) is 16.5. The average molecular weight is 385 g/mol. The Kier molecular flexibility index (Phi) is 7.62. The molecule has 0 aliphatic heterocycles. The number of non-ortho nitro benzene ring substituents is 1. The Labute approximate surface area is 165 Å². The molecule has 28 heavy (non-hydrogen) atoms. The third-order valence-corrected chi connectivity index (χ3v) is 4.30. The van der Waals surface area contributed by atoms with E-state index >= 15 is 0 Å². The molecule has 0 spiro atoms. The van der Waals surface area contributed by atoms with Gasteiger partial charge >= 0.3 is 6.03 Å². The number of hydrogen-bond acceptors (Lipinski definition) is 5. The summed E-state index contributed by atoms with van der Waals surface area (Å²) in [7, 11) is 3.98. The smallest absolute Gasteiger partial charge is 0.317 e. The molecule has 0 fully saturated rings. The van der Waals surface area contributed by atoms with E-state index in [2.05, 4.69) is 10.6 Å². The van der Waals surface area contributed by atoms with Gasteiger partial charge in [0.05, 0.1) is 4.92 Å². The van der Waals surface area contributed by atoms with Crippen LogP contribution in [0.25, 0.3) is 0 Å². The molecule has 0 unspecified atom stereocenters. The van der Waals surface area contributed by atoms with Gasteiger partial charge in [0.2, 0.25) is 0 Å². The number of urea groups is 1. The van der Waals surface area contributed by atoms with Crippen LogP contribution in [0.1, 0.15) is 12.5 Å². The van der Waals surface area contributed by atoms with Gasteiger partial charge in [-0.1, -0.05) is 12.1 Å². The number of carbonyl (C=O) groups is 1. The molecule has 0 aromatic heterocycles. The van der Waals surface area contributed by atoms with E-state index in [0.29, 0.717) is 26.2 Å². The summed E-state index contributed by atoms with van der Waals surface area (Å²) in [6.07, 6.45) is 0. The minimum absolute atomic E-state index is 0.0519. The number of nitrogens with one attached hydrogen (secondary N) is 2. The van der Waals surface area contributed by atoms with Crippen LogP contribution < -0.4 is 15.5 Å². The second kappa shape index (κ2) is 10.1. The molecule has 0 saturated carbocycles. The molecule has 0 aliphatic rings. The normalized spacial score (nSPS) is 10.2. The summed E-state index contributed by atoms with van der Waals surface area (Å²) >= 11 is 0. The summed E-state index contributed by atoms with van der Waals surface area (Å²) in [4.78, 5) is 26.4. The number of carbonyl (C=O) groups excluding carboxylic acids is 1. The highest BCUT2D eigenvalue weighted by Gasteiger charge is 2.11. The monoisotopic (exact) mass is 385 g/mol. The fourth-order valence-electron chi connectivity index (χ4n) is 2.64. The zero-order valence-electron chi connectivity index (χ0n) is 16.5. The maximum absolute atomic E-state index is 12.4. The topological polar surface area (TPSA) is 90.8 Å². The first kappa shape index (κ1) is 21.0. The van der Waals surface area contributed by atoms with Gasteiger partial charge in [0.15, 0.2) is 0 Å². The van der Waals surface area contributed by atoms with E-state index in [1.54, 1.807) is 17.0 Å². The lowest BCUT2D eigenvalue weighted by Gasteiger charge is -2.22. The molecule has 0 saturated heterocycles. The second-order valence-electron chi connectivity index (χ2n) is 6.54. The van der Waals surface area contributed by atoms with Gasteiger partial charge in [0.25, 0.3) is 5.69 Å². The number of nitro groups is 1. The van der Waals surface area contributed by atoms with Crippen molar-refractivity contribution in [3.8, 4) is 0 Å². The number of hydrogen-bond donors (Lipinski definition) is 2. The molecule has 0 atom stereocenters. The fourth-order valence-corrected chi connectivity index (χ4v) is 2.64. The molecule has 2 aromatic rings. The Bertz CT molecular complexity index is 775. The van der Waals surface area contributed by atoms with Crippen LogP contribution >= 0.6 is 0 Å². The van der Waals surface area contributed by atoms with E-state index in [-0.39, 0.29) is 11.7 Å². The molecule has 2 N–H and O–H groups in total. The molecule has 0 bridgehead atoms. The van der Waals surface area contributed by atoms with Gasteiger partial charge in [-0.2, -0.15) is 0 Å². The van der Waals surface area contributed by atoms with Crippen LogP contribution in [0.2, 0.25) is 0 Å². The van der Waals surface area contributed by atoms with E-state index in [0.717, 1.165) is 16.9 Å². The van der Waals surface area contributed by atoms with Gasteiger partial charge in [0, 0.05) is 63.8 Å². The lowest BCUT2D eigenvalue weighted by molar-refractivity contribution is -0.384. The third-order valence-electron chi connectivity index (χ3n) is 4.30. The van der Waals surface area contributed by atoms with Crippen molar-refractivity contribution in [2.75, 3.05) is 43.9 Å². The van der Waals surface area contributed by atoms with E-state index in [1.165, 1.54) is 12.1 Å². The number of rotatable bonds is 9. The zero-order chi connectivity index (χ0) is 20.5. The Balaban J connectivity index is 1.77. The van der Waals surface area contributed by atoms with Crippen LogP contribution in [0, 0.1) is 10.1 Å². The van der Waals surface area contributed by atoms with Gasteiger partial charge < -0.3 is 20.4 Å². The molecule has 2 amide bonds. The molecule has 0 heterocycles. The predicted octanol–water partition coefficient (Wildman–Crippen LogP) is 3.30. The van der Waals surface area contributed by atoms with Gasteiger partial charge in [-0.3, -0.25) is 10.1 Å². The standard InChI is InChI=1S/C20H27N5O3/c1-4-24(15-16-5-9-18(10-6-16)23(2)3)20(26)22-14-13-21-17-7-11-19(12-8-17)25(27)28/h5-12,21H,4,13-15H2,1-3H3,(H,22,26). The lowest BCUT2D eigenvalue weighted by atomic mass is 10.2. The van der Waals surface area contributed by atoms with Gasteiger partial charge in [-0.05, 0) is 36.8 Å². The number of amides is 2. The molecule has 0 aliphatic carbocycles. The first-order valence-corrected chi connectivity index (χ1v) is 9.18. The van der Waals surface area contributed by atoms with Crippen molar-refractivity contribution in [3.05, 3.63) is 64.2 Å². The van der Waals surface area contributed by atoms with E-state index in [9.17, 15) is 14.9 Å². The van der Waals surface area contributed by atoms with E-state index in [4.69, 9.17) is 0 Å². The first-order valence-electron chi connectivity index (χ1n) is 9.18. The summed E-state index contributed by atoms with van der Waals surface area (Å²) in [5, 5.41) is 16.7. The Hall–Kier alpha value is -3.29. The Morgan fingerprint density at radius 3 is 2.21 bits per heavy atom. The number of anilines is 2. The highest BCUT2D eigenvalue weighted by atomic mass is 16.6. The van der Waals surface area contributed by atoms with Crippen LogP contribution in [0.4, 0.5) is 21.9 Å². The third kappa shape index (κ3) is 6.15.